The molecule has 1 aromatic carbocycles. The van der Waals surface area contributed by atoms with Gasteiger partial charge in [0.15, 0.2) is 0 Å². The average Bonchev–Trinajstić information content (AvgIpc) is 2.35. The van der Waals surface area contributed by atoms with E-state index in [4.69, 9.17) is 0 Å². The Morgan fingerprint density at radius 2 is 2.18 bits per heavy atom. The smallest absolute Gasteiger partial charge is 0.272 e. The molecule has 0 spiro atoms. The quantitative estimate of drug-likeness (QED) is 0.477. The number of benzene rings is 1. The zero-order chi connectivity index (χ0) is 12.8. The summed E-state index contributed by atoms with van der Waals surface area (Å²) in [5.41, 5.74) is 0.925. The molecule has 1 atom stereocenters. The maximum atomic E-state index is 10.8. The van der Waals surface area contributed by atoms with E-state index in [9.17, 15) is 10.1 Å². The number of anilines is 1. The zero-order valence-corrected chi connectivity index (χ0v) is 11.2. The molecule has 0 heterocycles. The number of nitrogens with zero attached hydrogens (tertiary/aromatic N) is 1. The van der Waals surface area contributed by atoms with Crippen LogP contribution in [0.4, 0.5) is 11.4 Å². The maximum Gasteiger partial charge on any atom is 0.272 e. The number of nitrogens with one attached hydrogen (secondary N) is 1. The standard InChI is InChI=1S/C12H18N2O2S/c1-4-9(2)8-17-12-6-10(13-3)5-11(7-12)14(15)16/h5-7,9,13H,4,8H2,1-3H3. The molecule has 0 aromatic heterocycles. The molecule has 0 saturated heterocycles. The predicted octanol–water partition coefficient (Wildman–Crippen LogP) is 3.77. The van der Waals surface area contributed by atoms with Gasteiger partial charge in [0, 0.05) is 35.5 Å². The van der Waals surface area contributed by atoms with Crippen molar-refractivity contribution in [1.29, 1.82) is 0 Å². The molecule has 94 valence electrons. The van der Waals surface area contributed by atoms with Crippen LogP contribution in [-0.4, -0.2) is 17.7 Å². The first-order valence-electron chi connectivity index (χ1n) is 5.66. The fourth-order valence-corrected chi connectivity index (χ4v) is 2.40. The molecule has 1 rings (SSSR count). The highest BCUT2D eigenvalue weighted by Gasteiger charge is 2.10. The summed E-state index contributed by atoms with van der Waals surface area (Å²) >= 11 is 1.67. The number of rotatable bonds is 6. The van der Waals surface area contributed by atoms with Gasteiger partial charge in [-0.3, -0.25) is 10.1 Å². The number of thioether (sulfide) groups is 1. The molecule has 0 bridgehead atoms. The lowest BCUT2D eigenvalue weighted by Crippen LogP contribution is -1.97. The Morgan fingerprint density at radius 3 is 2.71 bits per heavy atom. The van der Waals surface area contributed by atoms with Gasteiger partial charge in [0.2, 0.25) is 0 Å². The SMILES string of the molecule is CCC(C)CSc1cc(NC)cc([N+](=O)[O-])c1. The van der Waals surface area contributed by atoms with Crippen molar-refractivity contribution in [2.75, 3.05) is 18.1 Å². The first-order chi connectivity index (χ1) is 8.06. The molecule has 1 aromatic rings. The monoisotopic (exact) mass is 254 g/mol. The van der Waals surface area contributed by atoms with E-state index >= 15 is 0 Å². The van der Waals surface area contributed by atoms with Crippen molar-refractivity contribution >= 4 is 23.1 Å². The van der Waals surface area contributed by atoms with Gasteiger partial charge in [-0.15, -0.1) is 11.8 Å². The van der Waals surface area contributed by atoms with Gasteiger partial charge in [0.05, 0.1) is 4.92 Å². The van der Waals surface area contributed by atoms with E-state index in [0.29, 0.717) is 5.92 Å². The Kier molecular flexibility index (Phi) is 5.28. The number of nitro groups is 1. The second-order valence-corrected chi connectivity index (χ2v) is 5.14. The van der Waals surface area contributed by atoms with E-state index in [1.165, 1.54) is 0 Å². The number of non-ortho nitro benzene ring substituents is 1. The van der Waals surface area contributed by atoms with Gasteiger partial charge in [-0.05, 0) is 12.0 Å². The van der Waals surface area contributed by atoms with E-state index < -0.39 is 0 Å². The van der Waals surface area contributed by atoms with Crippen LogP contribution in [0.3, 0.4) is 0 Å². The van der Waals surface area contributed by atoms with E-state index in [0.717, 1.165) is 22.8 Å². The summed E-state index contributed by atoms with van der Waals surface area (Å²) in [5, 5.41) is 13.7. The normalized spacial score (nSPS) is 12.2. The molecule has 1 N–H and O–H groups in total. The topological polar surface area (TPSA) is 55.2 Å². The van der Waals surface area contributed by atoms with E-state index in [1.807, 2.05) is 6.07 Å². The van der Waals surface area contributed by atoms with Crippen LogP contribution in [0.2, 0.25) is 0 Å². The fourth-order valence-electron chi connectivity index (χ4n) is 1.27. The molecule has 17 heavy (non-hydrogen) atoms. The molecular weight excluding hydrogens is 236 g/mol. The Labute approximate surface area is 106 Å². The summed E-state index contributed by atoms with van der Waals surface area (Å²) in [4.78, 5) is 11.4. The van der Waals surface area contributed by atoms with Gasteiger partial charge in [-0.2, -0.15) is 0 Å². The highest BCUT2D eigenvalue weighted by Crippen LogP contribution is 2.29. The van der Waals surface area contributed by atoms with Crippen LogP contribution in [0.25, 0.3) is 0 Å². The van der Waals surface area contributed by atoms with Gasteiger partial charge in [0.1, 0.15) is 0 Å². The Bertz CT molecular complexity index is 396. The third-order valence-electron chi connectivity index (χ3n) is 2.62. The second-order valence-electron chi connectivity index (χ2n) is 4.05. The molecular formula is C12H18N2O2S. The molecule has 0 fully saturated rings. The zero-order valence-electron chi connectivity index (χ0n) is 10.4. The highest BCUT2D eigenvalue weighted by molar-refractivity contribution is 7.99. The van der Waals surface area contributed by atoms with Crippen LogP contribution in [0.15, 0.2) is 23.1 Å². The van der Waals surface area contributed by atoms with Crippen LogP contribution >= 0.6 is 11.8 Å². The van der Waals surface area contributed by atoms with Crippen molar-refractivity contribution in [1.82, 2.24) is 0 Å². The molecule has 0 saturated carbocycles. The van der Waals surface area contributed by atoms with E-state index in [1.54, 1.807) is 30.9 Å². The first-order valence-corrected chi connectivity index (χ1v) is 6.65. The van der Waals surface area contributed by atoms with E-state index in [2.05, 4.69) is 19.2 Å². The molecule has 1 unspecified atom stereocenters. The minimum absolute atomic E-state index is 0.142. The molecule has 4 nitrogen and oxygen atoms in total. The van der Waals surface area contributed by atoms with E-state index in [-0.39, 0.29) is 10.6 Å². The number of nitro benzene ring substituents is 1. The number of hydrogen-bond acceptors (Lipinski definition) is 4. The van der Waals surface area contributed by atoms with Gasteiger partial charge in [-0.1, -0.05) is 20.3 Å². The van der Waals surface area contributed by atoms with Crippen LogP contribution in [0.1, 0.15) is 20.3 Å². The molecule has 0 radical (unpaired) electrons. The Hall–Kier alpha value is -1.23. The fraction of sp³-hybridized carbons (Fsp3) is 0.500. The molecule has 0 aliphatic heterocycles. The molecule has 0 amide bonds. The van der Waals surface area contributed by atoms with Crippen molar-refractivity contribution in [3.05, 3.63) is 28.3 Å². The molecule has 0 aliphatic carbocycles. The lowest BCUT2D eigenvalue weighted by Gasteiger charge is -2.09. The van der Waals surface area contributed by atoms with Gasteiger partial charge in [0.25, 0.3) is 5.69 Å². The van der Waals surface area contributed by atoms with Gasteiger partial charge >= 0.3 is 0 Å². The molecule has 5 heteroatoms. The Morgan fingerprint density at radius 1 is 1.47 bits per heavy atom. The van der Waals surface area contributed by atoms with Crippen molar-refractivity contribution in [2.45, 2.75) is 25.2 Å². The predicted molar refractivity (Wildman–Crippen MR) is 72.8 cm³/mol. The van der Waals surface area contributed by atoms with Crippen molar-refractivity contribution in [3.63, 3.8) is 0 Å². The second kappa shape index (κ2) is 6.49. The van der Waals surface area contributed by atoms with Crippen molar-refractivity contribution in [2.24, 2.45) is 5.92 Å². The summed E-state index contributed by atoms with van der Waals surface area (Å²) in [6, 6.07) is 5.13. The van der Waals surface area contributed by atoms with Crippen LogP contribution in [-0.2, 0) is 0 Å². The van der Waals surface area contributed by atoms with Gasteiger partial charge < -0.3 is 5.32 Å². The lowest BCUT2D eigenvalue weighted by molar-refractivity contribution is -0.385. The summed E-state index contributed by atoms with van der Waals surface area (Å²) in [7, 11) is 1.77. The van der Waals surface area contributed by atoms with Crippen molar-refractivity contribution < 1.29 is 4.92 Å². The third kappa shape index (κ3) is 4.26. The number of hydrogen-bond donors (Lipinski definition) is 1. The highest BCUT2D eigenvalue weighted by atomic mass is 32.2. The lowest BCUT2D eigenvalue weighted by atomic mass is 10.2. The van der Waals surface area contributed by atoms with Gasteiger partial charge in [-0.25, -0.2) is 0 Å². The summed E-state index contributed by atoms with van der Waals surface area (Å²) in [5.74, 6) is 1.61. The summed E-state index contributed by atoms with van der Waals surface area (Å²) < 4.78 is 0. The Balaban J connectivity index is 2.83. The first kappa shape index (κ1) is 13.8. The summed E-state index contributed by atoms with van der Waals surface area (Å²) in [6.07, 6.45) is 1.13. The van der Waals surface area contributed by atoms with Crippen LogP contribution in [0, 0.1) is 16.0 Å². The molecule has 0 aliphatic rings. The van der Waals surface area contributed by atoms with Crippen LogP contribution in [0.5, 0.6) is 0 Å². The summed E-state index contributed by atoms with van der Waals surface area (Å²) in [6.45, 7) is 4.33. The maximum absolute atomic E-state index is 10.8. The third-order valence-corrected chi connectivity index (χ3v) is 3.93. The largest absolute Gasteiger partial charge is 0.388 e. The van der Waals surface area contributed by atoms with Crippen LogP contribution < -0.4 is 5.32 Å². The van der Waals surface area contributed by atoms with Crippen molar-refractivity contribution in [3.8, 4) is 0 Å². The average molecular weight is 254 g/mol. The minimum atomic E-state index is -0.353. The minimum Gasteiger partial charge on any atom is -0.388 e.